The summed E-state index contributed by atoms with van der Waals surface area (Å²) in [5, 5.41) is 6.75. The number of hydrogen-bond acceptors (Lipinski definition) is 2. The number of rotatable bonds is 11. The van der Waals surface area contributed by atoms with Crippen LogP contribution in [-0.4, -0.2) is 50.1 Å². The smallest absolute Gasteiger partial charge is 0.191 e. The molecule has 0 amide bonds. The molecule has 0 aromatic carbocycles. The zero-order valence-electron chi connectivity index (χ0n) is 15.6. The van der Waals surface area contributed by atoms with Gasteiger partial charge in [0.15, 0.2) is 5.96 Å². The molecule has 0 aliphatic heterocycles. The van der Waals surface area contributed by atoms with E-state index in [-0.39, 0.29) is 24.0 Å². The van der Waals surface area contributed by atoms with Crippen molar-refractivity contribution in [2.24, 2.45) is 10.9 Å². The van der Waals surface area contributed by atoms with Crippen LogP contribution in [0.2, 0.25) is 0 Å². The van der Waals surface area contributed by atoms with Crippen LogP contribution >= 0.6 is 24.0 Å². The van der Waals surface area contributed by atoms with E-state index in [1.54, 1.807) is 0 Å². The molecule has 0 aromatic heterocycles. The summed E-state index contributed by atoms with van der Waals surface area (Å²) >= 11 is 0. The predicted octanol–water partition coefficient (Wildman–Crippen LogP) is 3.72. The molecule has 134 valence electrons. The van der Waals surface area contributed by atoms with Gasteiger partial charge < -0.3 is 15.5 Å². The van der Waals surface area contributed by atoms with Crippen LogP contribution in [0.15, 0.2) is 4.99 Å². The lowest BCUT2D eigenvalue weighted by molar-refractivity contribution is 0.268. The molecule has 0 aromatic rings. The summed E-state index contributed by atoms with van der Waals surface area (Å²) < 4.78 is 0. The molecule has 0 radical (unpaired) electrons. The Morgan fingerprint density at radius 3 is 2.27 bits per heavy atom. The van der Waals surface area contributed by atoms with Gasteiger partial charge in [0.2, 0.25) is 0 Å². The lowest BCUT2D eigenvalue weighted by atomic mass is 10.1. The van der Waals surface area contributed by atoms with Crippen molar-refractivity contribution in [3.63, 3.8) is 0 Å². The van der Waals surface area contributed by atoms with E-state index in [0.717, 1.165) is 31.5 Å². The van der Waals surface area contributed by atoms with Crippen LogP contribution in [0, 0.1) is 5.92 Å². The molecule has 5 heteroatoms. The average molecular weight is 426 g/mol. The van der Waals surface area contributed by atoms with E-state index < -0.39 is 0 Å². The maximum absolute atomic E-state index is 4.63. The Morgan fingerprint density at radius 2 is 1.73 bits per heavy atom. The van der Waals surface area contributed by atoms with Crippen LogP contribution in [0.3, 0.4) is 0 Å². The Bertz CT molecular complexity index is 267. The van der Waals surface area contributed by atoms with E-state index in [1.165, 1.54) is 32.2 Å². The minimum absolute atomic E-state index is 0. The van der Waals surface area contributed by atoms with Crippen LogP contribution in [0.25, 0.3) is 0 Å². The van der Waals surface area contributed by atoms with Crippen molar-refractivity contribution in [1.29, 1.82) is 0 Å². The van der Waals surface area contributed by atoms with Crippen LogP contribution in [0.4, 0.5) is 0 Å². The number of guanidine groups is 1. The molecule has 2 N–H and O–H groups in total. The Labute approximate surface area is 155 Å². The first-order valence-electron chi connectivity index (χ1n) is 8.69. The van der Waals surface area contributed by atoms with Crippen molar-refractivity contribution in [2.45, 2.75) is 66.3 Å². The lowest BCUT2D eigenvalue weighted by Gasteiger charge is -2.20. The molecule has 0 fully saturated rings. The summed E-state index contributed by atoms with van der Waals surface area (Å²) in [6.07, 6.45) is 4.85. The summed E-state index contributed by atoms with van der Waals surface area (Å²) in [7, 11) is 2.19. The van der Waals surface area contributed by atoms with Gasteiger partial charge in [0.1, 0.15) is 0 Å². The number of unbranched alkanes of at least 4 members (excludes halogenated alkanes) is 1. The van der Waals surface area contributed by atoms with Gasteiger partial charge >= 0.3 is 0 Å². The monoisotopic (exact) mass is 426 g/mol. The summed E-state index contributed by atoms with van der Waals surface area (Å²) in [5.74, 6) is 1.74. The quantitative estimate of drug-likeness (QED) is 0.229. The Hall–Kier alpha value is -0.0400. The summed E-state index contributed by atoms with van der Waals surface area (Å²) in [4.78, 5) is 7.02. The topological polar surface area (TPSA) is 39.7 Å². The lowest BCUT2D eigenvalue weighted by Crippen LogP contribution is -2.38. The van der Waals surface area contributed by atoms with Gasteiger partial charge in [-0.05, 0) is 66.0 Å². The van der Waals surface area contributed by atoms with E-state index in [4.69, 9.17) is 0 Å². The van der Waals surface area contributed by atoms with Crippen molar-refractivity contribution in [3.8, 4) is 0 Å². The number of hydrogen-bond donors (Lipinski definition) is 2. The van der Waals surface area contributed by atoms with Gasteiger partial charge in [-0.2, -0.15) is 0 Å². The van der Waals surface area contributed by atoms with Gasteiger partial charge in [-0.25, -0.2) is 0 Å². The maximum atomic E-state index is 4.63. The molecule has 4 nitrogen and oxygen atoms in total. The SMILES string of the molecule is CCNC(=NCCCC(C)C)NCCCCN(C)C(C)C.I. The third kappa shape index (κ3) is 14.9. The minimum Gasteiger partial charge on any atom is -0.357 e. The average Bonchev–Trinajstić information content (AvgIpc) is 2.42. The standard InChI is InChI=1S/C17H38N4.HI/c1-7-18-17(20-13-10-11-15(2)3)19-12-8-9-14-21(6)16(4)5;/h15-16H,7-14H2,1-6H3,(H2,18,19,20);1H. The first-order chi connectivity index (χ1) is 9.97. The molecule has 0 spiro atoms. The molecule has 0 saturated carbocycles. The van der Waals surface area contributed by atoms with E-state index in [2.05, 4.69) is 62.2 Å². The largest absolute Gasteiger partial charge is 0.357 e. The van der Waals surface area contributed by atoms with Crippen LogP contribution < -0.4 is 10.6 Å². The number of nitrogens with zero attached hydrogens (tertiary/aromatic N) is 2. The zero-order valence-corrected chi connectivity index (χ0v) is 17.9. The molecule has 0 aliphatic rings. The molecule has 0 bridgehead atoms. The second kappa shape index (κ2) is 15.8. The second-order valence-corrected chi connectivity index (χ2v) is 6.50. The van der Waals surface area contributed by atoms with Crippen LogP contribution in [-0.2, 0) is 0 Å². The number of aliphatic imine (C=N–C) groups is 1. The fraction of sp³-hybridized carbons (Fsp3) is 0.941. The highest BCUT2D eigenvalue weighted by atomic mass is 127. The molecule has 0 aliphatic carbocycles. The van der Waals surface area contributed by atoms with E-state index in [1.807, 2.05) is 0 Å². The molecule has 0 saturated heterocycles. The van der Waals surface area contributed by atoms with Gasteiger partial charge in [0.05, 0.1) is 0 Å². The van der Waals surface area contributed by atoms with Gasteiger partial charge in [0, 0.05) is 25.7 Å². The fourth-order valence-corrected chi connectivity index (χ4v) is 1.98. The van der Waals surface area contributed by atoms with Gasteiger partial charge in [-0.3, -0.25) is 4.99 Å². The predicted molar refractivity (Wildman–Crippen MR) is 110 cm³/mol. The molecular weight excluding hydrogens is 387 g/mol. The number of halogens is 1. The van der Waals surface area contributed by atoms with Gasteiger partial charge in [0.25, 0.3) is 0 Å². The molecule has 0 atom stereocenters. The van der Waals surface area contributed by atoms with Crippen molar-refractivity contribution < 1.29 is 0 Å². The highest BCUT2D eigenvalue weighted by Gasteiger charge is 2.02. The minimum atomic E-state index is 0. The van der Waals surface area contributed by atoms with Crippen molar-refractivity contribution in [2.75, 3.05) is 33.2 Å². The third-order valence-corrected chi connectivity index (χ3v) is 3.67. The second-order valence-electron chi connectivity index (χ2n) is 6.50. The molecular formula is C17H39IN4. The van der Waals surface area contributed by atoms with Crippen molar-refractivity contribution in [1.82, 2.24) is 15.5 Å². The highest BCUT2D eigenvalue weighted by Crippen LogP contribution is 2.02. The van der Waals surface area contributed by atoms with Gasteiger partial charge in [-0.15, -0.1) is 24.0 Å². The molecule has 0 heterocycles. The van der Waals surface area contributed by atoms with Crippen LogP contribution in [0.1, 0.15) is 60.3 Å². The van der Waals surface area contributed by atoms with E-state index in [9.17, 15) is 0 Å². The fourth-order valence-electron chi connectivity index (χ4n) is 1.98. The van der Waals surface area contributed by atoms with E-state index >= 15 is 0 Å². The first-order valence-corrected chi connectivity index (χ1v) is 8.69. The first kappa shape index (κ1) is 24.2. The third-order valence-electron chi connectivity index (χ3n) is 3.67. The highest BCUT2D eigenvalue weighted by molar-refractivity contribution is 14.0. The number of nitrogens with one attached hydrogen (secondary N) is 2. The molecule has 0 rings (SSSR count). The Balaban J connectivity index is 0. The molecule has 0 unspecified atom stereocenters. The van der Waals surface area contributed by atoms with E-state index in [0.29, 0.717) is 6.04 Å². The van der Waals surface area contributed by atoms with Crippen molar-refractivity contribution in [3.05, 3.63) is 0 Å². The Morgan fingerprint density at radius 1 is 1.05 bits per heavy atom. The van der Waals surface area contributed by atoms with Gasteiger partial charge in [-0.1, -0.05) is 13.8 Å². The molecule has 22 heavy (non-hydrogen) atoms. The Kier molecular flexibility index (Phi) is 17.4. The summed E-state index contributed by atoms with van der Waals surface area (Å²) in [6.45, 7) is 15.1. The maximum Gasteiger partial charge on any atom is 0.191 e. The van der Waals surface area contributed by atoms with Crippen molar-refractivity contribution >= 4 is 29.9 Å². The normalized spacial score (nSPS) is 12.0. The van der Waals surface area contributed by atoms with Crippen LogP contribution in [0.5, 0.6) is 0 Å². The summed E-state index contributed by atoms with van der Waals surface area (Å²) in [6, 6.07) is 0.637. The summed E-state index contributed by atoms with van der Waals surface area (Å²) in [5.41, 5.74) is 0. The zero-order chi connectivity index (χ0) is 16.1.